The Bertz CT molecular complexity index is 369. The Balaban J connectivity index is 2.13. The molecule has 1 aliphatic rings. The van der Waals surface area contributed by atoms with Gasteiger partial charge >= 0.3 is 0 Å². The summed E-state index contributed by atoms with van der Waals surface area (Å²) in [6, 6.07) is 4.38. The first kappa shape index (κ1) is 13.0. The molecule has 0 amide bonds. The number of ether oxygens (including phenoxy) is 1. The van der Waals surface area contributed by atoms with Crippen molar-refractivity contribution in [3.63, 3.8) is 0 Å². The van der Waals surface area contributed by atoms with E-state index in [2.05, 4.69) is 37.8 Å². The van der Waals surface area contributed by atoms with Crippen LogP contribution in [0, 0.1) is 6.92 Å². The van der Waals surface area contributed by atoms with Crippen molar-refractivity contribution in [2.24, 2.45) is 5.73 Å². The van der Waals surface area contributed by atoms with E-state index >= 15 is 0 Å². The van der Waals surface area contributed by atoms with Crippen LogP contribution in [0.3, 0.4) is 0 Å². The van der Waals surface area contributed by atoms with Crippen molar-refractivity contribution >= 4 is 11.3 Å². The zero-order valence-corrected chi connectivity index (χ0v) is 11.7. The summed E-state index contributed by atoms with van der Waals surface area (Å²) in [5, 5.41) is 0. The fourth-order valence-electron chi connectivity index (χ4n) is 2.31. The number of thiophene rings is 1. The van der Waals surface area contributed by atoms with Crippen LogP contribution in [-0.2, 0) is 4.74 Å². The van der Waals surface area contributed by atoms with E-state index in [1.54, 1.807) is 11.3 Å². The van der Waals surface area contributed by atoms with E-state index in [4.69, 9.17) is 10.5 Å². The smallest absolute Gasteiger partial charge is 0.0594 e. The van der Waals surface area contributed by atoms with Crippen LogP contribution in [0.25, 0.3) is 0 Å². The van der Waals surface area contributed by atoms with Gasteiger partial charge in [0, 0.05) is 28.4 Å². The van der Waals surface area contributed by atoms with Gasteiger partial charge in [0.1, 0.15) is 0 Å². The molecule has 1 unspecified atom stereocenters. The van der Waals surface area contributed by atoms with Gasteiger partial charge in [-0.05, 0) is 32.9 Å². The predicted octanol–water partition coefficient (Wildman–Crippen LogP) is 2.17. The summed E-state index contributed by atoms with van der Waals surface area (Å²) < 4.78 is 5.40. The third-order valence-corrected chi connectivity index (χ3v) is 4.74. The van der Waals surface area contributed by atoms with Crippen molar-refractivity contribution in [3.05, 3.63) is 21.9 Å². The summed E-state index contributed by atoms with van der Waals surface area (Å²) in [5.74, 6) is 0. The molecular formula is C13H22N2OS. The normalized spacial score (nSPS) is 20.5. The molecule has 2 heterocycles. The largest absolute Gasteiger partial charge is 0.379 e. The fraction of sp³-hybridized carbons (Fsp3) is 0.692. The minimum atomic E-state index is -0.0128. The van der Waals surface area contributed by atoms with Crippen molar-refractivity contribution in [2.45, 2.75) is 32.4 Å². The highest BCUT2D eigenvalue weighted by Gasteiger charge is 2.35. The molecule has 17 heavy (non-hydrogen) atoms. The predicted molar refractivity (Wildman–Crippen MR) is 72.5 cm³/mol. The molecule has 1 atom stereocenters. The first-order chi connectivity index (χ1) is 8.01. The Hall–Kier alpha value is -0.420. The van der Waals surface area contributed by atoms with E-state index < -0.39 is 0 Å². The highest BCUT2D eigenvalue weighted by atomic mass is 32.1. The number of hydrogen-bond acceptors (Lipinski definition) is 4. The maximum absolute atomic E-state index is 6.44. The van der Waals surface area contributed by atoms with Crippen LogP contribution >= 0.6 is 11.3 Å². The quantitative estimate of drug-likeness (QED) is 0.898. The molecular weight excluding hydrogens is 232 g/mol. The number of nitrogens with two attached hydrogens (primary N) is 1. The zero-order valence-electron chi connectivity index (χ0n) is 10.9. The maximum Gasteiger partial charge on any atom is 0.0594 e. The van der Waals surface area contributed by atoms with E-state index in [9.17, 15) is 0 Å². The van der Waals surface area contributed by atoms with Crippen molar-refractivity contribution in [3.8, 4) is 0 Å². The van der Waals surface area contributed by atoms with Crippen LogP contribution in [-0.4, -0.2) is 36.7 Å². The van der Waals surface area contributed by atoms with Gasteiger partial charge in [-0.3, -0.25) is 4.90 Å². The Morgan fingerprint density at radius 3 is 2.53 bits per heavy atom. The molecule has 1 saturated heterocycles. The summed E-state index contributed by atoms with van der Waals surface area (Å²) in [7, 11) is 0. The van der Waals surface area contributed by atoms with Crippen molar-refractivity contribution in [1.29, 1.82) is 0 Å². The third kappa shape index (κ3) is 2.71. The highest BCUT2D eigenvalue weighted by Crippen LogP contribution is 2.33. The molecule has 2 rings (SSSR count). The number of aryl methyl sites for hydroxylation is 1. The van der Waals surface area contributed by atoms with Crippen LogP contribution < -0.4 is 5.73 Å². The van der Waals surface area contributed by atoms with Gasteiger partial charge in [0.25, 0.3) is 0 Å². The summed E-state index contributed by atoms with van der Waals surface area (Å²) in [6.07, 6.45) is 0. The Kier molecular flexibility index (Phi) is 3.88. The van der Waals surface area contributed by atoms with Crippen molar-refractivity contribution in [2.75, 3.05) is 26.3 Å². The Morgan fingerprint density at radius 2 is 2.00 bits per heavy atom. The minimum absolute atomic E-state index is 0.0128. The molecule has 0 spiro atoms. The molecule has 1 aromatic heterocycles. The van der Waals surface area contributed by atoms with Crippen LogP contribution in [0.2, 0.25) is 0 Å². The molecule has 0 aliphatic carbocycles. The summed E-state index contributed by atoms with van der Waals surface area (Å²) in [6.45, 7) is 10.2. The number of hydrogen-bond donors (Lipinski definition) is 1. The van der Waals surface area contributed by atoms with Gasteiger partial charge in [0.2, 0.25) is 0 Å². The first-order valence-corrected chi connectivity index (χ1v) is 6.98. The number of nitrogens with zero attached hydrogens (tertiary/aromatic N) is 1. The lowest BCUT2D eigenvalue weighted by molar-refractivity contribution is -0.0186. The van der Waals surface area contributed by atoms with Crippen LogP contribution in [0.5, 0.6) is 0 Å². The molecule has 96 valence electrons. The lowest BCUT2D eigenvalue weighted by Crippen LogP contribution is -2.55. The molecule has 2 N–H and O–H groups in total. The second kappa shape index (κ2) is 5.06. The van der Waals surface area contributed by atoms with Gasteiger partial charge in [-0.25, -0.2) is 0 Å². The second-order valence-corrected chi connectivity index (χ2v) is 6.50. The summed E-state index contributed by atoms with van der Waals surface area (Å²) in [5.41, 5.74) is 6.43. The highest BCUT2D eigenvalue weighted by molar-refractivity contribution is 7.12. The molecule has 1 aliphatic heterocycles. The standard InChI is InChI=1S/C13H22N2OS/c1-10-4-5-11(17-10)12(14)13(2,3)15-6-8-16-9-7-15/h4-5,12H,6-9,14H2,1-3H3. The Labute approximate surface area is 108 Å². The number of rotatable bonds is 3. The van der Waals surface area contributed by atoms with E-state index in [1.165, 1.54) is 9.75 Å². The van der Waals surface area contributed by atoms with Crippen LogP contribution in [0.15, 0.2) is 12.1 Å². The van der Waals surface area contributed by atoms with Crippen molar-refractivity contribution in [1.82, 2.24) is 4.90 Å². The second-order valence-electron chi connectivity index (χ2n) is 5.18. The third-order valence-electron chi connectivity index (χ3n) is 3.65. The van der Waals surface area contributed by atoms with Gasteiger partial charge < -0.3 is 10.5 Å². The van der Waals surface area contributed by atoms with Crippen molar-refractivity contribution < 1.29 is 4.74 Å². The average Bonchev–Trinajstić information content (AvgIpc) is 2.76. The molecule has 0 aromatic carbocycles. The number of morpholine rings is 1. The van der Waals surface area contributed by atoms with E-state index in [1.807, 2.05) is 0 Å². The molecule has 0 saturated carbocycles. The van der Waals surface area contributed by atoms with Crippen LogP contribution in [0.4, 0.5) is 0 Å². The van der Waals surface area contributed by atoms with Crippen LogP contribution in [0.1, 0.15) is 29.6 Å². The maximum atomic E-state index is 6.44. The van der Waals surface area contributed by atoms with Gasteiger partial charge in [-0.1, -0.05) is 0 Å². The van der Waals surface area contributed by atoms with Gasteiger partial charge in [0.15, 0.2) is 0 Å². The summed E-state index contributed by atoms with van der Waals surface area (Å²) in [4.78, 5) is 5.04. The molecule has 0 bridgehead atoms. The van der Waals surface area contributed by atoms with E-state index in [0.717, 1.165) is 26.3 Å². The minimum Gasteiger partial charge on any atom is -0.379 e. The van der Waals surface area contributed by atoms with Gasteiger partial charge in [-0.15, -0.1) is 11.3 Å². The zero-order chi connectivity index (χ0) is 12.5. The average molecular weight is 254 g/mol. The monoisotopic (exact) mass is 254 g/mol. The lowest BCUT2D eigenvalue weighted by Gasteiger charge is -2.44. The molecule has 4 heteroatoms. The van der Waals surface area contributed by atoms with Gasteiger partial charge in [-0.2, -0.15) is 0 Å². The van der Waals surface area contributed by atoms with E-state index in [0.29, 0.717) is 0 Å². The topological polar surface area (TPSA) is 38.5 Å². The fourth-order valence-corrected chi connectivity index (χ4v) is 3.36. The summed E-state index contributed by atoms with van der Waals surface area (Å²) >= 11 is 1.80. The first-order valence-electron chi connectivity index (χ1n) is 6.16. The van der Waals surface area contributed by atoms with Gasteiger partial charge in [0.05, 0.1) is 19.3 Å². The molecule has 0 radical (unpaired) electrons. The SMILES string of the molecule is Cc1ccc(C(N)C(C)(C)N2CCOCC2)s1. The molecule has 3 nitrogen and oxygen atoms in total. The lowest BCUT2D eigenvalue weighted by atomic mass is 9.91. The molecule has 1 aromatic rings. The van der Waals surface area contributed by atoms with E-state index in [-0.39, 0.29) is 11.6 Å². The Morgan fingerprint density at radius 1 is 1.35 bits per heavy atom. The molecule has 1 fully saturated rings.